The Bertz CT molecular complexity index is 128. The van der Waals surface area contributed by atoms with E-state index in [1.165, 1.54) is 0 Å². The molecule has 1 rings (SSSR count). The van der Waals surface area contributed by atoms with Gasteiger partial charge in [0.2, 0.25) is 0 Å². The van der Waals surface area contributed by atoms with Crippen LogP contribution >= 0.6 is 0 Å². The third kappa shape index (κ3) is 9.08. The van der Waals surface area contributed by atoms with Crippen molar-refractivity contribution in [2.24, 2.45) is 0 Å². The van der Waals surface area contributed by atoms with E-state index in [9.17, 15) is 8.78 Å². The lowest BCUT2D eigenvalue weighted by Gasteiger charge is -2.31. The highest BCUT2D eigenvalue weighted by atomic mass is 19.3. The van der Waals surface area contributed by atoms with Gasteiger partial charge in [0, 0.05) is 25.9 Å². The second kappa shape index (κ2) is 11.3. The molecule has 100 valence electrons. The third-order valence-electron chi connectivity index (χ3n) is 2.42. The summed E-state index contributed by atoms with van der Waals surface area (Å²) >= 11 is 0. The van der Waals surface area contributed by atoms with Crippen molar-refractivity contribution < 1.29 is 8.78 Å². The molecular weight excluding hydrogens is 208 g/mol. The van der Waals surface area contributed by atoms with E-state index in [-0.39, 0.29) is 12.8 Å². The minimum Gasteiger partial charge on any atom is -0.303 e. The quantitative estimate of drug-likeness (QED) is 0.695. The molecule has 0 radical (unpaired) electrons. The van der Waals surface area contributed by atoms with Gasteiger partial charge in [-0.25, -0.2) is 8.78 Å². The second-order valence-electron chi connectivity index (χ2n) is 3.55. The van der Waals surface area contributed by atoms with Gasteiger partial charge in [-0.2, -0.15) is 0 Å². The van der Waals surface area contributed by atoms with Crippen LogP contribution in [0.5, 0.6) is 0 Å². The number of piperidine rings is 1. The molecule has 1 aliphatic heterocycles. The number of rotatable bonds is 3. The average molecular weight is 237 g/mol. The van der Waals surface area contributed by atoms with Crippen LogP contribution in [0.1, 0.15) is 60.3 Å². The minimum absolute atomic E-state index is 0.0523. The van der Waals surface area contributed by atoms with Gasteiger partial charge in [-0.1, -0.05) is 41.0 Å². The Morgan fingerprint density at radius 3 is 1.81 bits per heavy atom. The van der Waals surface area contributed by atoms with E-state index in [4.69, 9.17) is 0 Å². The standard InChI is InChI=1S/C9H17F2N.2C2H6/c1-2-3-6-12-7-4-9(10,11)5-8-12;2*1-2/h2-8H2,1H3;2*1-2H3. The maximum absolute atomic E-state index is 12.7. The summed E-state index contributed by atoms with van der Waals surface area (Å²) in [5.74, 6) is -2.39. The van der Waals surface area contributed by atoms with Gasteiger partial charge in [-0.3, -0.25) is 0 Å². The Labute approximate surface area is 100 Å². The fourth-order valence-corrected chi connectivity index (χ4v) is 1.49. The number of hydrogen-bond donors (Lipinski definition) is 0. The number of nitrogens with zero attached hydrogens (tertiary/aromatic N) is 1. The van der Waals surface area contributed by atoms with Crippen molar-refractivity contribution >= 4 is 0 Å². The molecule has 1 heterocycles. The van der Waals surface area contributed by atoms with Crippen LogP contribution in [0.25, 0.3) is 0 Å². The zero-order valence-corrected chi connectivity index (χ0v) is 11.7. The molecule has 1 nitrogen and oxygen atoms in total. The Kier molecular flexibility index (Phi) is 12.9. The number of hydrogen-bond acceptors (Lipinski definition) is 1. The first-order chi connectivity index (χ1) is 7.64. The predicted octanol–water partition coefficient (Wildman–Crippen LogP) is 4.57. The molecular formula is C13H29F2N. The normalized spacial score (nSPS) is 18.9. The van der Waals surface area contributed by atoms with Gasteiger partial charge < -0.3 is 4.90 Å². The molecule has 0 aromatic heterocycles. The molecule has 0 saturated carbocycles. The van der Waals surface area contributed by atoms with Gasteiger partial charge in [-0.05, 0) is 13.0 Å². The smallest absolute Gasteiger partial charge is 0.250 e. The molecule has 0 bridgehead atoms. The van der Waals surface area contributed by atoms with Crippen molar-refractivity contribution in [1.29, 1.82) is 0 Å². The van der Waals surface area contributed by atoms with Gasteiger partial charge in [0.05, 0.1) is 0 Å². The van der Waals surface area contributed by atoms with E-state index in [1.807, 2.05) is 27.7 Å². The highest BCUT2D eigenvalue weighted by Crippen LogP contribution is 2.27. The molecule has 0 aliphatic carbocycles. The Morgan fingerprint density at radius 2 is 1.44 bits per heavy atom. The predicted molar refractivity (Wildman–Crippen MR) is 68.2 cm³/mol. The molecule has 0 unspecified atom stereocenters. The molecule has 3 heteroatoms. The van der Waals surface area contributed by atoms with Crippen LogP contribution in [0.3, 0.4) is 0 Å². The SMILES string of the molecule is CC.CC.CCCCN1CCC(F)(F)CC1. The monoisotopic (exact) mass is 237 g/mol. The molecule has 0 aromatic rings. The van der Waals surface area contributed by atoms with E-state index in [1.54, 1.807) is 0 Å². The number of unbranched alkanes of at least 4 members (excludes halogenated alkanes) is 1. The summed E-state index contributed by atoms with van der Waals surface area (Å²) < 4.78 is 25.3. The summed E-state index contributed by atoms with van der Waals surface area (Å²) in [5.41, 5.74) is 0. The van der Waals surface area contributed by atoms with Crippen LogP contribution in [-0.2, 0) is 0 Å². The van der Waals surface area contributed by atoms with Crippen LogP contribution in [0.2, 0.25) is 0 Å². The minimum atomic E-state index is -2.39. The van der Waals surface area contributed by atoms with Crippen molar-refractivity contribution in [3.05, 3.63) is 0 Å². The van der Waals surface area contributed by atoms with E-state index >= 15 is 0 Å². The first-order valence-electron chi connectivity index (χ1n) is 6.74. The summed E-state index contributed by atoms with van der Waals surface area (Å²) in [7, 11) is 0. The molecule has 1 fully saturated rings. The summed E-state index contributed by atoms with van der Waals surface area (Å²) in [6.45, 7) is 12.3. The van der Waals surface area contributed by atoms with Crippen molar-refractivity contribution in [2.75, 3.05) is 19.6 Å². The maximum Gasteiger partial charge on any atom is 0.250 e. The lowest BCUT2D eigenvalue weighted by Crippen LogP contribution is -2.39. The topological polar surface area (TPSA) is 3.24 Å². The Morgan fingerprint density at radius 1 is 1.00 bits per heavy atom. The number of likely N-dealkylation sites (tertiary alicyclic amines) is 1. The van der Waals surface area contributed by atoms with Crippen molar-refractivity contribution in [3.63, 3.8) is 0 Å². The van der Waals surface area contributed by atoms with Crippen LogP contribution in [0.4, 0.5) is 8.78 Å². The van der Waals surface area contributed by atoms with E-state index in [0.717, 1.165) is 19.4 Å². The lowest BCUT2D eigenvalue weighted by molar-refractivity contribution is -0.0551. The third-order valence-corrected chi connectivity index (χ3v) is 2.42. The van der Waals surface area contributed by atoms with Crippen molar-refractivity contribution in [1.82, 2.24) is 4.90 Å². The van der Waals surface area contributed by atoms with Gasteiger partial charge in [0.25, 0.3) is 5.92 Å². The fraction of sp³-hybridized carbons (Fsp3) is 1.00. The Balaban J connectivity index is 0. The van der Waals surface area contributed by atoms with Crippen molar-refractivity contribution in [2.45, 2.75) is 66.2 Å². The summed E-state index contributed by atoms with van der Waals surface area (Å²) in [5, 5.41) is 0. The first-order valence-corrected chi connectivity index (χ1v) is 6.74. The van der Waals surface area contributed by atoms with Crippen LogP contribution in [0, 0.1) is 0 Å². The molecule has 16 heavy (non-hydrogen) atoms. The van der Waals surface area contributed by atoms with E-state index < -0.39 is 5.92 Å². The summed E-state index contributed by atoms with van der Waals surface area (Å²) in [4.78, 5) is 2.14. The summed E-state index contributed by atoms with van der Waals surface area (Å²) in [6, 6.07) is 0. The van der Waals surface area contributed by atoms with Gasteiger partial charge in [-0.15, -0.1) is 0 Å². The molecule has 1 aliphatic rings. The zero-order valence-electron chi connectivity index (χ0n) is 11.7. The lowest BCUT2D eigenvalue weighted by atomic mass is 10.1. The van der Waals surface area contributed by atoms with E-state index in [2.05, 4.69) is 11.8 Å². The average Bonchev–Trinajstić information content (AvgIpc) is 2.33. The molecule has 0 aromatic carbocycles. The highest BCUT2D eigenvalue weighted by molar-refractivity contribution is 4.77. The van der Waals surface area contributed by atoms with Crippen LogP contribution in [-0.4, -0.2) is 30.5 Å². The number of alkyl halides is 2. The van der Waals surface area contributed by atoms with Gasteiger partial charge in [0.15, 0.2) is 0 Å². The molecule has 0 amide bonds. The zero-order chi connectivity index (χ0) is 13.0. The van der Waals surface area contributed by atoms with Gasteiger partial charge in [0.1, 0.15) is 0 Å². The highest BCUT2D eigenvalue weighted by Gasteiger charge is 2.33. The van der Waals surface area contributed by atoms with Gasteiger partial charge >= 0.3 is 0 Å². The Hall–Kier alpha value is -0.180. The second-order valence-corrected chi connectivity index (χ2v) is 3.55. The van der Waals surface area contributed by atoms with Crippen LogP contribution in [0.15, 0.2) is 0 Å². The number of halogens is 2. The molecule has 0 atom stereocenters. The van der Waals surface area contributed by atoms with Crippen molar-refractivity contribution in [3.8, 4) is 0 Å². The molecule has 1 saturated heterocycles. The van der Waals surface area contributed by atoms with Crippen LogP contribution < -0.4 is 0 Å². The van der Waals surface area contributed by atoms with E-state index in [0.29, 0.717) is 13.1 Å². The summed E-state index contributed by atoms with van der Waals surface area (Å²) in [6.07, 6.45) is 2.38. The maximum atomic E-state index is 12.7. The molecule has 0 spiro atoms. The first kappa shape index (κ1) is 18.2. The fourth-order valence-electron chi connectivity index (χ4n) is 1.49. The largest absolute Gasteiger partial charge is 0.303 e. The molecule has 0 N–H and O–H groups in total.